The highest BCUT2D eigenvalue weighted by molar-refractivity contribution is 6.06. The van der Waals surface area contributed by atoms with Crippen LogP contribution in [-0.2, 0) is 11.4 Å². The Bertz CT molecular complexity index is 1550. The van der Waals surface area contributed by atoms with Crippen molar-refractivity contribution in [1.82, 2.24) is 20.2 Å². The van der Waals surface area contributed by atoms with E-state index in [0.717, 1.165) is 16.8 Å². The van der Waals surface area contributed by atoms with Crippen LogP contribution in [-0.4, -0.2) is 33.2 Å². The first-order chi connectivity index (χ1) is 18.4. The fourth-order valence-corrected chi connectivity index (χ4v) is 4.50. The number of halogens is 1. The third-order valence-corrected chi connectivity index (χ3v) is 6.43. The van der Waals surface area contributed by atoms with E-state index in [2.05, 4.69) is 26.2 Å². The van der Waals surface area contributed by atoms with E-state index >= 15 is 0 Å². The standard InChI is InChI=1S/C28H27FN6O3/c1-16-9-11-22(17(2)13-16)31-27(36)25-18(3)30-28-32-33-34-35(28)26(25)19-10-12-23(24(14-19)37-4)38-15-20-7-5-6-8-21(20)29/h5-14,26H,15H2,1-4H3,(H,31,36)(H,30,32,34). The minimum absolute atomic E-state index is 0.0371. The number of allylic oxidation sites excluding steroid dienone is 1. The van der Waals surface area contributed by atoms with Crippen molar-refractivity contribution in [3.8, 4) is 11.5 Å². The Balaban J connectivity index is 1.48. The molecule has 1 aliphatic heterocycles. The molecular weight excluding hydrogens is 487 g/mol. The van der Waals surface area contributed by atoms with Crippen LogP contribution >= 0.6 is 0 Å². The van der Waals surface area contributed by atoms with Gasteiger partial charge in [-0.1, -0.05) is 47.1 Å². The number of ether oxygens (including phenoxy) is 2. The van der Waals surface area contributed by atoms with Crippen LogP contribution in [0, 0.1) is 19.7 Å². The first-order valence-corrected chi connectivity index (χ1v) is 12.0. The molecule has 5 rings (SSSR count). The van der Waals surface area contributed by atoms with Crippen LogP contribution in [0.4, 0.5) is 16.0 Å². The van der Waals surface area contributed by atoms with E-state index in [4.69, 9.17) is 9.47 Å². The van der Waals surface area contributed by atoms with Gasteiger partial charge in [0.2, 0.25) is 5.95 Å². The van der Waals surface area contributed by atoms with Gasteiger partial charge in [-0.15, -0.1) is 0 Å². The molecule has 1 aromatic heterocycles. The number of aryl methyl sites for hydroxylation is 2. The summed E-state index contributed by atoms with van der Waals surface area (Å²) in [5.41, 5.74) is 5.00. The van der Waals surface area contributed by atoms with Gasteiger partial charge < -0.3 is 20.1 Å². The maximum absolute atomic E-state index is 14.1. The number of tetrazole rings is 1. The molecule has 1 unspecified atom stereocenters. The van der Waals surface area contributed by atoms with Crippen molar-refractivity contribution in [3.05, 3.63) is 100 Å². The number of hydrogen-bond acceptors (Lipinski definition) is 7. The number of carbonyl (C=O) groups is 1. The number of carbonyl (C=O) groups excluding carboxylic acids is 1. The van der Waals surface area contributed by atoms with Crippen LogP contribution < -0.4 is 20.1 Å². The van der Waals surface area contributed by atoms with Crippen LogP contribution in [0.15, 0.2) is 71.9 Å². The van der Waals surface area contributed by atoms with E-state index in [-0.39, 0.29) is 18.3 Å². The average molecular weight is 515 g/mol. The molecule has 0 saturated carbocycles. The maximum atomic E-state index is 14.1. The second-order valence-corrected chi connectivity index (χ2v) is 9.08. The van der Waals surface area contributed by atoms with Crippen LogP contribution in [0.5, 0.6) is 11.5 Å². The molecule has 0 fully saturated rings. The van der Waals surface area contributed by atoms with E-state index in [1.165, 1.54) is 13.2 Å². The molecular formula is C28H27FN6O3. The highest BCUT2D eigenvalue weighted by Crippen LogP contribution is 2.39. The van der Waals surface area contributed by atoms with Gasteiger partial charge in [0.1, 0.15) is 18.5 Å². The Morgan fingerprint density at radius 1 is 1.08 bits per heavy atom. The SMILES string of the molecule is COc1cc(C2C(C(=O)Nc3ccc(C)cc3C)=C(C)Nc3nnnn32)ccc1OCc1ccccc1F. The number of nitrogens with zero attached hydrogens (tertiary/aromatic N) is 4. The largest absolute Gasteiger partial charge is 0.493 e. The molecule has 0 aliphatic carbocycles. The molecule has 0 saturated heterocycles. The van der Waals surface area contributed by atoms with Crippen molar-refractivity contribution in [2.24, 2.45) is 0 Å². The molecule has 0 spiro atoms. The number of amides is 1. The van der Waals surface area contributed by atoms with Crippen LogP contribution in [0.3, 0.4) is 0 Å². The van der Waals surface area contributed by atoms with Gasteiger partial charge in [-0.3, -0.25) is 4.79 Å². The van der Waals surface area contributed by atoms with Crippen molar-refractivity contribution < 1.29 is 18.7 Å². The van der Waals surface area contributed by atoms with Gasteiger partial charge in [-0.05, 0) is 66.6 Å². The molecule has 0 bridgehead atoms. The topological polar surface area (TPSA) is 103 Å². The molecule has 194 valence electrons. The van der Waals surface area contributed by atoms with E-state index in [1.54, 1.807) is 35.0 Å². The van der Waals surface area contributed by atoms with Gasteiger partial charge in [0, 0.05) is 16.9 Å². The molecule has 38 heavy (non-hydrogen) atoms. The van der Waals surface area contributed by atoms with Crippen LogP contribution in [0.2, 0.25) is 0 Å². The predicted molar refractivity (Wildman–Crippen MR) is 141 cm³/mol. The smallest absolute Gasteiger partial charge is 0.255 e. The normalized spacial score (nSPS) is 14.5. The predicted octanol–water partition coefficient (Wildman–Crippen LogP) is 4.94. The Labute approximate surface area is 219 Å². The molecule has 2 heterocycles. The zero-order chi connectivity index (χ0) is 26.8. The van der Waals surface area contributed by atoms with Crippen molar-refractivity contribution in [1.29, 1.82) is 0 Å². The summed E-state index contributed by atoms with van der Waals surface area (Å²) in [5, 5.41) is 18.1. The van der Waals surface area contributed by atoms with Crippen molar-refractivity contribution >= 4 is 17.5 Å². The number of methoxy groups -OCH3 is 1. The fraction of sp³-hybridized carbons (Fsp3) is 0.214. The second kappa shape index (κ2) is 10.3. The molecule has 1 amide bonds. The number of hydrogen-bond donors (Lipinski definition) is 2. The molecule has 10 heteroatoms. The summed E-state index contributed by atoms with van der Waals surface area (Å²) in [6.07, 6.45) is 0. The minimum Gasteiger partial charge on any atom is -0.493 e. The third kappa shape index (κ3) is 4.80. The number of aromatic nitrogens is 4. The van der Waals surface area contributed by atoms with Crippen LogP contribution in [0.1, 0.15) is 35.2 Å². The highest BCUT2D eigenvalue weighted by Gasteiger charge is 2.34. The van der Waals surface area contributed by atoms with Gasteiger partial charge in [0.05, 0.1) is 12.7 Å². The van der Waals surface area contributed by atoms with Crippen molar-refractivity contribution in [2.75, 3.05) is 17.7 Å². The highest BCUT2D eigenvalue weighted by atomic mass is 19.1. The Hall–Kier alpha value is -4.73. The van der Waals surface area contributed by atoms with Gasteiger partial charge >= 0.3 is 0 Å². The first-order valence-electron chi connectivity index (χ1n) is 12.0. The summed E-state index contributed by atoms with van der Waals surface area (Å²) >= 11 is 0. The van der Waals surface area contributed by atoms with Crippen molar-refractivity contribution in [3.63, 3.8) is 0 Å². The quantitative estimate of drug-likeness (QED) is 0.360. The molecule has 1 aliphatic rings. The molecule has 2 N–H and O–H groups in total. The lowest BCUT2D eigenvalue weighted by Crippen LogP contribution is -2.31. The maximum Gasteiger partial charge on any atom is 0.255 e. The Kier molecular flexibility index (Phi) is 6.78. The zero-order valence-corrected chi connectivity index (χ0v) is 21.4. The Morgan fingerprint density at radius 3 is 2.66 bits per heavy atom. The minimum atomic E-state index is -0.637. The van der Waals surface area contributed by atoms with Gasteiger partial charge in [0.15, 0.2) is 11.5 Å². The van der Waals surface area contributed by atoms with Crippen LogP contribution in [0.25, 0.3) is 0 Å². The van der Waals surface area contributed by atoms with Gasteiger partial charge in [-0.25, -0.2) is 4.39 Å². The number of benzene rings is 3. The Morgan fingerprint density at radius 2 is 1.89 bits per heavy atom. The number of anilines is 2. The number of fused-ring (bicyclic) bond motifs is 1. The van der Waals surface area contributed by atoms with Crippen molar-refractivity contribution in [2.45, 2.75) is 33.4 Å². The lowest BCUT2D eigenvalue weighted by atomic mass is 9.94. The summed E-state index contributed by atoms with van der Waals surface area (Å²) < 4.78 is 27.1. The molecule has 9 nitrogen and oxygen atoms in total. The lowest BCUT2D eigenvalue weighted by Gasteiger charge is -2.28. The zero-order valence-electron chi connectivity index (χ0n) is 21.4. The molecule has 0 radical (unpaired) electrons. The van der Waals surface area contributed by atoms with Gasteiger partial charge in [-0.2, -0.15) is 4.68 Å². The van der Waals surface area contributed by atoms with E-state index in [9.17, 15) is 9.18 Å². The monoisotopic (exact) mass is 514 g/mol. The summed E-state index contributed by atoms with van der Waals surface area (Å²) in [5.74, 6) is 0.650. The number of nitrogens with one attached hydrogen (secondary N) is 2. The second-order valence-electron chi connectivity index (χ2n) is 9.08. The molecule has 4 aromatic rings. The molecule has 1 atom stereocenters. The van der Waals surface area contributed by atoms with E-state index in [1.807, 2.05) is 45.0 Å². The molecule has 3 aromatic carbocycles. The summed E-state index contributed by atoms with van der Waals surface area (Å²) in [7, 11) is 1.52. The van der Waals surface area contributed by atoms with Gasteiger partial charge in [0.25, 0.3) is 5.91 Å². The summed E-state index contributed by atoms with van der Waals surface area (Å²) in [6.45, 7) is 5.80. The first kappa shape index (κ1) is 24.9. The van der Waals surface area contributed by atoms with E-state index < -0.39 is 6.04 Å². The lowest BCUT2D eigenvalue weighted by molar-refractivity contribution is -0.113. The fourth-order valence-electron chi connectivity index (χ4n) is 4.50. The summed E-state index contributed by atoms with van der Waals surface area (Å²) in [6, 6.07) is 17.0. The summed E-state index contributed by atoms with van der Waals surface area (Å²) in [4.78, 5) is 13.7. The number of rotatable bonds is 7. The van der Waals surface area contributed by atoms with E-state index in [0.29, 0.717) is 39.8 Å². The third-order valence-electron chi connectivity index (χ3n) is 6.43. The average Bonchev–Trinajstić information content (AvgIpc) is 3.37.